The van der Waals surface area contributed by atoms with Crippen LogP contribution in [0.3, 0.4) is 0 Å². The molecular formula is C14H25N5O. The molecule has 1 aliphatic heterocycles. The fraction of sp³-hybridized carbons (Fsp3) is 0.714. The summed E-state index contributed by atoms with van der Waals surface area (Å²) in [6.07, 6.45) is 1.10. The SMILES string of the molecule is Cc1cc(NCCCN(C)C)nc(N2CCOCC2)n1. The first-order chi connectivity index (χ1) is 9.65. The Kier molecular flexibility index (Phi) is 5.55. The van der Waals surface area contributed by atoms with Gasteiger partial charge < -0.3 is 19.9 Å². The molecule has 0 aromatic carbocycles. The lowest BCUT2D eigenvalue weighted by atomic mass is 10.3. The fourth-order valence-electron chi connectivity index (χ4n) is 2.16. The second-order valence-corrected chi connectivity index (χ2v) is 5.38. The summed E-state index contributed by atoms with van der Waals surface area (Å²) in [6.45, 7) is 7.25. The van der Waals surface area contributed by atoms with Crippen molar-refractivity contribution in [2.45, 2.75) is 13.3 Å². The highest BCUT2D eigenvalue weighted by Gasteiger charge is 2.14. The van der Waals surface area contributed by atoms with E-state index >= 15 is 0 Å². The molecule has 112 valence electrons. The number of hydrogen-bond donors (Lipinski definition) is 1. The van der Waals surface area contributed by atoms with E-state index in [0.717, 1.165) is 63.3 Å². The van der Waals surface area contributed by atoms with Gasteiger partial charge in [-0.25, -0.2) is 4.98 Å². The molecule has 1 aromatic heterocycles. The first-order valence-corrected chi connectivity index (χ1v) is 7.22. The molecule has 0 saturated carbocycles. The summed E-state index contributed by atoms with van der Waals surface area (Å²) in [5, 5.41) is 3.38. The molecule has 1 fully saturated rings. The third kappa shape index (κ3) is 4.61. The van der Waals surface area contributed by atoms with Crippen LogP contribution in [0.25, 0.3) is 0 Å². The molecule has 6 heteroatoms. The predicted octanol–water partition coefficient (Wildman–Crippen LogP) is 0.985. The van der Waals surface area contributed by atoms with Gasteiger partial charge in [0.2, 0.25) is 5.95 Å². The number of rotatable bonds is 6. The Morgan fingerprint density at radius 2 is 2.05 bits per heavy atom. The normalized spacial score (nSPS) is 15.7. The Hall–Kier alpha value is -1.40. The van der Waals surface area contributed by atoms with Gasteiger partial charge in [-0.05, 0) is 34.0 Å². The molecule has 1 saturated heterocycles. The van der Waals surface area contributed by atoms with Crippen molar-refractivity contribution in [1.82, 2.24) is 14.9 Å². The van der Waals surface area contributed by atoms with Crippen LogP contribution < -0.4 is 10.2 Å². The van der Waals surface area contributed by atoms with Gasteiger partial charge in [0.25, 0.3) is 0 Å². The molecule has 2 rings (SSSR count). The van der Waals surface area contributed by atoms with Gasteiger partial charge in [0, 0.05) is 31.4 Å². The van der Waals surface area contributed by atoms with E-state index in [2.05, 4.69) is 39.2 Å². The van der Waals surface area contributed by atoms with Crippen LogP contribution in [0.5, 0.6) is 0 Å². The van der Waals surface area contributed by atoms with Crippen LogP contribution in [0.15, 0.2) is 6.07 Å². The summed E-state index contributed by atoms with van der Waals surface area (Å²) in [5.74, 6) is 1.72. The monoisotopic (exact) mass is 279 g/mol. The molecule has 6 nitrogen and oxygen atoms in total. The van der Waals surface area contributed by atoms with Crippen molar-refractivity contribution in [3.05, 3.63) is 11.8 Å². The maximum Gasteiger partial charge on any atom is 0.227 e. The Balaban J connectivity index is 1.93. The molecule has 0 amide bonds. The van der Waals surface area contributed by atoms with Crippen LogP contribution in [0, 0.1) is 6.92 Å². The molecular weight excluding hydrogens is 254 g/mol. The summed E-state index contributed by atoms with van der Waals surface area (Å²) in [6, 6.07) is 2.00. The van der Waals surface area contributed by atoms with Crippen molar-refractivity contribution in [2.75, 3.05) is 63.7 Å². The van der Waals surface area contributed by atoms with Gasteiger partial charge in [-0.1, -0.05) is 0 Å². The molecule has 1 aliphatic rings. The van der Waals surface area contributed by atoms with Crippen molar-refractivity contribution >= 4 is 11.8 Å². The smallest absolute Gasteiger partial charge is 0.227 e. The molecule has 2 heterocycles. The second-order valence-electron chi connectivity index (χ2n) is 5.38. The van der Waals surface area contributed by atoms with Crippen molar-refractivity contribution in [2.24, 2.45) is 0 Å². The lowest BCUT2D eigenvalue weighted by molar-refractivity contribution is 0.122. The number of morpholine rings is 1. The average molecular weight is 279 g/mol. The summed E-state index contributed by atoms with van der Waals surface area (Å²) in [7, 11) is 4.18. The van der Waals surface area contributed by atoms with Crippen molar-refractivity contribution < 1.29 is 4.74 Å². The molecule has 0 radical (unpaired) electrons. The van der Waals surface area contributed by atoms with Gasteiger partial charge in [0.1, 0.15) is 5.82 Å². The standard InChI is InChI=1S/C14H25N5O/c1-12-11-13(15-5-4-6-18(2)3)17-14(16-12)19-7-9-20-10-8-19/h11H,4-10H2,1-3H3,(H,15,16,17). The minimum absolute atomic E-state index is 0.753. The van der Waals surface area contributed by atoms with E-state index in [1.54, 1.807) is 0 Å². The van der Waals surface area contributed by atoms with Crippen molar-refractivity contribution in [3.8, 4) is 0 Å². The zero-order valence-corrected chi connectivity index (χ0v) is 12.7. The lowest BCUT2D eigenvalue weighted by Gasteiger charge is -2.27. The molecule has 20 heavy (non-hydrogen) atoms. The Morgan fingerprint density at radius 1 is 1.30 bits per heavy atom. The summed E-state index contributed by atoms with van der Waals surface area (Å²) in [5.41, 5.74) is 0.997. The molecule has 0 atom stereocenters. The van der Waals surface area contributed by atoms with Crippen LogP contribution in [0.4, 0.5) is 11.8 Å². The van der Waals surface area contributed by atoms with E-state index in [1.807, 2.05) is 13.0 Å². The Morgan fingerprint density at radius 3 is 2.75 bits per heavy atom. The number of ether oxygens (including phenoxy) is 1. The molecule has 1 aromatic rings. The highest BCUT2D eigenvalue weighted by atomic mass is 16.5. The van der Waals surface area contributed by atoms with E-state index in [4.69, 9.17) is 4.74 Å². The van der Waals surface area contributed by atoms with Crippen molar-refractivity contribution in [1.29, 1.82) is 0 Å². The maximum absolute atomic E-state index is 5.37. The second kappa shape index (κ2) is 7.40. The van der Waals surface area contributed by atoms with Gasteiger partial charge >= 0.3 is 0 Å². The molecule has 0 unspecified atom stereocenters. The third-order valence-electron chi connectivity index (χ3n) is 3.22. The minimum Gasteiger partial charge on any atom is -0.378 e. The van der Waals surface area contributed by atoms with Crippen LogP contribution >= 0.6 is 0 Å². The first kappa shape index (κ1) is 15.0. The Bertz CT molecular complexity index is 418. The van der Waals surface area contributed by atoms with E-state index < -0.39 is 0 Å². The van der Waals surface area contributed by atoms with Crippen molar-refractivity contribution in [3.63, 3.8) is 0 Å². The fourth-order valence-corrected chi connectivity index (χ4v) is 2.16. The summed E-state index contributed by atoms with van der Waals surface area (Å²) < 4.78 is 5.37. The van der Waals surface area contributed by atoms with E-state index in [0.29, 0.717) is 0 Å². The van der Waals surface area contributed by atoms with Crippen LogP contribution in [0.1, 0.15) is 12.1 Å². The topological polar surface area (TPSA) is 53.5 Å². The molecule has 0 spiro atoms. The quantitative estimate of drug-likeness (QED) is 0.784. The van der Waals surface area contributed by atoms with Crippen LogP contribution in [-0.2, 0) is 4.74 Å². The maximum atomic E-state index is 5.37. The van der Waals surface area contributed by atoms with E-state index in [9.17, 15) is 0 Å². The summed E-state index contributed by atoms with van der Waals surface area (Å²) in [4.78, 5) is 13.5. The number of hydrogen-bond acceptors (Lipinski definition) is 6. The average Bonchev–Trinajstić information content (AvgIpc) is 2.44. The molecule has 1 N–H and O–H groups in total. The van der Waals surface area contributed by atoms with Crippen LogP contribution in [-0.4, -0.2) is 68.4 Å². The first-order valence-electron chi connectivity index (χ1n) is 7.22. The number of nitrogens with zero attached hydrogens (tertiary/aromatic N) is 4. The van der Waals surface area contributed by atoms with Gasteiger partial charge in [-0.2, -0.15) is 4.98 Å². The molecule has 0 aliphatic carbocycles. The van der Waals surface area contributed by atoms with Gasteiger partial charge in [-0.3, -0.25) is 0 Å². The predicted molar refractivity (Wildman–Crippen MR) is 81.5 cm³/mol. The minimum atomic E-state index is 0.753. The molecule has 0 bridgehead atoms. The zero-order valence-electron chi connectivity index (χ0n) is 12.7. The number of nitrogens with one attached hydrogen (secondary N) is 1. The van der Waals surface area contributed by atoms with Gasteiger partial charge in [0.15, 0.2) is 0 Å². The zero-order chi connectivity index (χ0) is 14.4. The lowest BCUT2D eigenvalue weighted by Crippen LogP contribution is -2.37. The number of aromatic nitrogens is 2. The number of aryl methyl sites for hydroxylation is 1. The van der Waals surface area contributed by atoms with Gasteiger partial charge in [0.05, 0.1) is 13.2 Å². The Labute approximate surface area is 121 Å². The highest BCUT2D eigenvalue weighted by Crippen LogP contribution is 2.14. The third-order valence-corrected chi connectivity index (χ3v) is 3.22. The van der Waals surface area contributed by atoms with E-state index in [1.165, 1.54) is 0 Å². The largest absolute Gasteiger partial charge is 0.378 e. The van der Waals surface area contributed by atoms with E-state index in [-0.39, 0.29) is 0 Å². The number of anilines is 2. The van der Waals surface area contributed by atoms with Crippen LogP contribution in [0.2, 0.25) is 0 Å². The van der Waals surface area contributed by atoms with Gasteiger partial charge in [-0.15, -0.1) is 0 Å². The highest BCUT2D eigenvalue weighted by molar-refractivity contribution is 5.43. The summed E-state index contributed by atoms with van der Waals surface area (Å²) >= 11 is 0.